The SMILES string of the molecule is Cc1cc(OCCC(N)C(N)=O)c(F)cc1[N+](=O)[O-]. The van der Waals surface area contributed by atoms with Crippen LogP contribution in [0.4, 0.5) is 10.1 Å². The smallest absolute Gasteiger partial charge is 0.275 e. The van der Waals surface area contributed by atoms with Crippen LogP contribution in [0, 0.1) is 22.9 Å². The fraction of sp³-hybridized carbons (Fsp3) is 0.364. The predicted molar refractivity (Wildman–Crippen MR) is 65.1 cm³/mol. The van der Waals surface area contributed by atoms with Gasteiger partial charge in [0.25, 0.3) is 5.69 Å². The normalized spacial score (nSPS) is 11.9. The van der Waals surface area contributed by atoms with E-state index in [1.807, 2.05) is 0 Å². The van der Waals surface area contributed by atoms with E-state index in [1.54, 1.807) is 0 Å². The first-order valence-electron chi connectivity index (χ1n) is 5.45. The number of amides is 1. The maximum absolute atomic E-state index is 13.5. The molecular weight excluding hydrogens is 257 g/mol. The van der Waals surface area contributed by atoms with Gasteiger partial charge in [-0.15, -0.1) is 0 Å². The molecule has 1 aromatic rings. The maximum Gasteiger partial charge on any atom is 0.275 e. The van der Waals surface area contributed by atoms with Crippen LogP contribution in [0.3, 0.4) is 0 Å². The van der Waals surface area contributed by atoms with Gasteiger partial charge in [0.2, 0.25) is 5.91 Å². The summed E-state index contributed by atoms with van der Waals surface area (Å²) < 4.78 is 18.6. The molecule has 19 heavy (non-hydrogen) atoms. The Labute approximate surface area is 108 Å². The minimum atomic E-state index is -0.873. The third kappa shape index (κ3) is 3.88. The Hall–Kier alpha value is -2.22. The van der Waals surface area contributed by atoms with E-state index in [9.17, 15) is 19.3 Å². The number of primary amides is 1. The lowest BCUT2D eigenvalue weighted by atomic mass is 10.2. The number of nitrogens with two attached hydrogens (primary N) is 2. The van der Waals surface area contributed by atoms with Crippen molar-refractivity contribution in [3.8, 4) is 5.75 Å². The molecule has 7 nitrogen and oxygen atoms in total. The van der Waals surface area contributed by atoms with E-state index in [0.717, 1.165) is 6.07 Å². The van der Waals surface area contributed by atoms with Crippen LogP contribution in [0.2, 0.25) is 0 Å². The Bertz CT molecular complexity index is 507. The van der Waals surface area contributed by atoms with Gasteiger partial charge in [0.1, 0.15) is 0 Å². The van der Waals surface area contributed by atoms with Crippen molar-refractivity contribution in [2.75, 3.05) is 6.61 Å². The molecule has 0 fully saturated rings. The Morgan fingerprint density at radius 2 is 2.21 bits per heavy atom. The average Bonchev–Trinajstić information content (AvgIpc) is 2.32. The Balaban J connectivity index is 2.72. The number of nitro benzene ring substituents is 1. The van der Waals surface area contributed by atoms with Gasteiger partial charge in [-0.05, 0) is 13.0 Å². The Morgan fingerprint density at radius 3 is 2.74 bits per heavy atom. The van der Waals surface area contributed by atoms with E-state index in [1.165, 1.54) is 13.0 Å². The zero-order valence-corrected chi connectivity index (χ0v) is 10.3. The van der Waals surface area contributed by atoms with Gasteiger partial charge < -0.3 is 16.2 Å². The van der Waals surface area contributed by atoms with Gasteiger partial charge in [0, 0.05) is 12.0 Å². The number of hydrogen-bond donors (Lipinski definition) is 2. The summed E-state index contributed by atoms with van der Waals surface area (Å²) in [5.74, 6) is -1.64. The number of carbonyl (C=O) groups excluding carboxylic acids is 1. The molecule has 4 N–H and O–H groups in total. The fourth-order valence-electron chi connectivity index (χ4n) is 1.39. The maximum atomic E-state index is 13.5. The van der Waals surface area contributed by atoms with Gasteiger partial charge in [-0.2, -0.15) is 0 Å². The standard InChI is InChI=1S/C11H14FN3O4/c1-6-4-10(7(12)5-9(6)15(17)18)19-3-2-8(13)11(14)16/h4-5,8H,2-3,13H2,1H3,(H2,14,16). The highest BCUT2D eigenvalue weighted by Gasteiger charge is 2.17. The first kappa shape index (κ1) is 14.8. The van der Waals surface area contributed by atoms with Gasteiger partial charge >= 0.3 is 0 Å². The number of carbonyl (C=O) groups is 1. The fourth-order valence-corrected chi connectivity index (χ4v) is 1.39. The molecule has 1 aromatic carbocycles. The van der Waals surface area contributed by atoms with Gasteiger partial charge in [0.15, 0.2) is 11.6 Å². The second-order valence-corrected chi connectivity index (χ2v) is 3.97. The molecule has 0 radical (unpaired) electrons. The van der Waals surface area contributed by atoms with Crippen LogP contribution in [0.1, 0.15) is 12.0 Å². The van der Waals surface area contributed by atoms with E-state index < -0.39 is 22.7 Å². The molecule has 0 bridgehead atoms. The highest BCUT2D eigenvalue weighted by Crippen LogP contribution is 2.27. The van der Waals surface area contributed by atoms with Crippen LogP contribution >= 0.6 is 0 Å². The quantitative estimate of drug-likeness (QED) is 0.580. The number of halogens is 1. The van der Waals surface area contributed by atoms with Gasteiger partial charge in [-0.3, -0.25) is 14.9 Å². The number of nitrogens with zero attached hydrogens (tertiary/aromatic N) is 1. The van der Waals surface area contributed by atoms with Crippen molar-refractivity contribution in [2.24, 2.45) is 11.5 Å². The largest absolute Gasteiger partial charge is 0.490 e. The molecule has 1 amide bonds. The number of ether oxygens (including phenoxy) is 1. The van der Waals surface area contributed by atoms with E-state index in [2.05, 4.69) is 0 Å². The Morgan fingerprint density at radius 1 is 1.58 bits per heavy atom. The van der Waals surface area contributed by atoms with Gasteiger partial charge in [-0.1, -0.05) is 0 Å². The van der Waals surface area contributed by atoms with Gasteiger partial charge in [-0.25, -0.2) is 4.39 Å². The lowest BCUT2D eigenvalue weighted by molar-refractivity contribution is -0.385. The van der Waals surface area contributed by atoms with Crippen molar-refractivity contribution in [1.29, 1.82) is 0 Å². The molecule has 0 saturated carbocycles. The van der Waals surface area contributed by atoms with Crippen LogP contribution in [-0.2, 0) is 4.79 Å². The van der Waals surface area contributed by atoms with E-state index in [0.29, 0.717) is 0 Å². The molecular formula is C11H14FN3O4. The zero-order chi connectivity index (χ0) is 14.6. The van der Waals surface area contributed by atoms with Crippen molar-refractivity contribution in [1.82, 2.24) is 0 Å². The van der Waals surface area contributed by atoms with Crippen molar-refractivity contribution >= 4 is 11.6 Å². The number of hydrogen-bond acceptors (Lipinski definition) is 5. The molecule has 104 valence electrons. The summed E-state index contributed by atoms with van der Waals surface area (Å²) in [6.45, 7) is 1.46. The Kier molecular flexibility index (Phi) is 4.76. The second kappa shape index (κ2) is 6.10. The number of benzene rings is 1. The first-order chi connectivity index (χ1) is 8.82. The molecule has 0 heterocycles. The van der Waals surface area contributed by atoms with Crippen molar-refractivity contribution in [2.45, 2.75) is 19.4 Å². The zero-order valence-electron chi connectivity index (χ0n) is 10.3. The third-order valence-corrected chi connectivity index (χ3v) is 2.50. The van der Waals surface area contributed by atoms with Crippen LogP contribution in [0.5, 0.6) is 5.75 Å². The van der Waals surface area contributed by atoms with E-state index in [-0.39, 0.29) is 30.0 Å². The number of rotatable bonds is 6. The van der Waals surface area contributed by atoms with Crippen molar-refractivity contribution < 1.29 is 18.8 Å². The molecule has 0 aliphatic heterocycles. The monoisotopic (exact) mass is 271 g/mol. The molecule has 0 saturated heterocycles. The van der Waals surface area contributed by atoms with Crippen LogP contribution in [0.25, 0.3) is 0 Å². The van der Waals surface area contributed by atoms with Gasteiger partial charge in [0.05, 0.1) is 23.6 Å². The summed E-state index contributed by atoms with van der Waals surface area (Å²) in [5, 5.41) is 10.6. The highest BCUT2D eigenvalue weighted by molar-refractivity contribution is 5.79. The molecule has 0 aliphatic carbocycles. The molecule has 0 aliphatic rings. The summed E-state index contributed by atoms with van der Waals surface area (Å²) >= 11 is 0. The summed E-state index contributed by atoms with van der Waals surface area (Å²) in [6.07, 6.45) is 0.130. The summed E-state index contributed by atoms with van der Waals surface area (Å²) in [7, 11) is 0. The van der Waals surface area contributed by atoms with Crippen molar-refractivity contribution in [3.63, 3.8) is 0 Å². The van der Waals surface area contributed by atoms with Crippen LogP contribution in [0.15, 0.2) is 12.1 Å². The van der Waals surface area contributed by atoms with Crippen LogP contribution < -0.4 is 16.2 Å². The molecule has 1 rings (SSSR count). The topological polar surface area (TPSA) is 121 Å². The number of nitro groups is 1. The minimum Gasteiger partial charge on any atom is -0.490 e. The summed E-state index contributed by atoms with van der Waals surface area (Å²) in [4.78, 5) is 20.6. The summed E-state index contributed by atoms with van der Waals surface area (Å²) in [5.41, 5.74) is 10.3. The molecule has 0 aromatic heterocycles. The number of aryl methyl sites for hydroxylation is 1. The van der Waals surface area contributed by atoms with Crippen LogP contribution in [-0.4, -0.2) is 23.5 Å². The molecule has 8 heteroatoms. The van der Waals surface area contributed by atoms with Crippen molar-refractivity contribution in [3.05, 3.63) is 33.6 Å². The highest BCUT2D eigenvalue weighted by atomic mass is 19.1. The first-order valence-corrected chi connectivity index (χ1v) is 5.45. The molecule has 1 unspecified atom stereocenters. The molecule has 0 spiro atoms. The summed E-state index contributed by atoms with van der Waals surface area (Å²) in [6, 6.07) is 1.14. The minimum absolute atomic E-state index is 0.0156. The van der Waals surface area contributed by atoms with E-state index in [4.69, 9.17) is 16.2 Å². The lowest BCUT2D eigenvalue weighted by Crippen LogP contribution is -2.37. The third-order valence-electron chi connectivity index (χ3n) is 2.50. The predicted octanol–water partition coefficient (Wildman–Crippen LogP) is 0.624. The van der Waals surface area contributed by atoms with E-state index >= 15 is 0 Å². The average molecular weight is 271 g/mol. The second-order valence-electron chi connectivity index (χ2n) is 3.97. The molecule has 1 atom stereocenters. The lowest BCUT2D eigenvalue weighted by Gasteiger charge is -2.10.